The minimum atomic E-state index is -0.912. The number of fused-ring (bicyclic) bond motifs is 2. The summed E-state index contributed by atoms with van der Waals surface area (Å²) in [6.07, 6.45) is 1.04. The van der Waals surface area contributed by atoms with E-state index in [0.29, 0.717) is 12.1 Å². The molecule has 0 radical (unpaired) electrons. The van der Waals surface area contributed by atoms with Gasteiger partial charge in [0.25, 0.3) is 0 Å². The van der Waals surface area contributed by atoms with Crippen LogP contribution >= 0.6 is 23.2 Å². The maximum Gasteiger partial charge on any atom is 0.335 e. The van der Waals surface area contributed by atoms with E-state index in [1.807, 2.05) is 30.3 Å². The summed E-state index contributed by atoms with van der Waals surface area (Å²) in [5.74, 6) is -0.659. The van der Waals surface area contributed by atoms with Crippen molar-refractivity contribution in [2.24, 2.45) is 5.41 Å². The van der Waals surface area contributed by atoms with Gasteiger partial charge in [-0.2, -0.15) is 0 Å². The summed E-state index contributed by atoms with van der Waals surface area (Å²) in [5, 5.41) is 14.7. The van der Waals surface area contributed by atoms with Gasteiger partial charge in [0.15, 0.2) is 0 Å². The third-order valence-electron chi connectivity index (χ3n) is 7.71. The Balaban J connectivity index is 1.60. The van der Waals surface area contributed by atoms with Gasteiger partial charge in [0, 0.05) is 52.7 Å². The normalized spacial score (nSPS) is 23.3. The van der Waals surface area contributed by atoms with Crippen LogP contribution in [-0.4, -0.2) is 30.2 Å². The highest BCUT2D eigenvalue weighted by molar-refractivity contribution is 6.31. The fourth-order valence-corrected chi connectivity index (χ4v) is 6.59. The van der Waals surface area contributed by atoms with E-state index in [0.717, 1.165) is 40.8 Å². The van der Waals surface area contributed by atoms with Gasteiger partial charge in [0.05, 0.1) is 5.56 Å². The van der Waals surface area contributed by atoms with Gasteiger partial charge in [-0.25, -0.2) is 4.79 Å². The lowest BCUT2D eigenvalue weighted by atomic mass is 9.64. The number of hydrogen-bond donors (Lipinski definition) is 2. The Hall–Kier alpha value is -2.53. The van der Waals surface area contributed by atoms with E-state index >= 15 is 0 Å². The van der Waals surface area contributed by atoms with Gasteiger partial charge in [0.1, 0.15) is 0 Å². The lowest BCUT2D eigenvalue weighted by molar-refractivity contribution is 0.0697. The van der Waals surface area contributed by atoms with Crippen LogP contribution in [0.1, 0.15) is 60.2 Å². The Labute approximate surface area is 223 Å². The molecule has 1 fully saturated rings. The van der Waals surface area contributed by atoms with Crippen molar-refractivity contribution in [1.82, 2.24) is 5.32 Å². The Kier molecular flexibility index (Phi) is 6.57. The van der Waals surface area contributed by atoms with Crippen molar-refractivity contribution >= 4 is 34.9 Å². The van der Waals surface area contributed by atoms with Crippen molar-refractivity contribution in [2.75, 3.05) is 18.0 Å². The molecule has 3 aromatic carbocycles. The Bertz CT molecular complexity index is 1280. The number of nitrogens with zero attached hydrogens (tertiary/aromatic N) is 1. The predicted molar refractivity (Wildman–Crippen MR) is 148 cm³/mol. The van der Waals surface area contributed by atoms with Crippen LogP contribution in [0.5, 0.6) is 0 Å². The number of carbonyl (C=O) groups is 1. The first-order chi connectivity index (χ1) is 17.1. The lowest BCUT2D eigenvalue weighted by Gasteiger charge is -2.40. The average Bonchev–Trinajstić information content (AvgIpc) is 3.31. The first-order valence-corrected chi connectivity index (χ1v) is 13.2. The molecule has 0 saturated carbocycles. The first kappa shape index (κ1) is 25.1. The third-order valence-corrected chi connectivity index (χ3v) is 8.18. The molecule has 6 heteroatoms. The van der Waals surface area contributed by atoms with Crippen LogP contribution in [0.3, 0.4) is 0 Å². The van der Waals surface area contributed by atoms with Gasteiger partial charge in [-0.3, -0.25) is 0 Å². The molecule has 3 atom stereocenters. The van der Waals surface area contributed by atoms with Crippen molar-refractivity contribution in [3.05, 3.63) is 99.0 Å². The molecule has 0 aliphatic carbocycles. The molecule has 2 heterocycles. The van der Waals surface area contributed by atoms with E-state index in [9.17, 15) is 9.90 Å². The molecular formula is C30H32Cl2N2O2. The van der Waals surface area contributed by atoms with E-state index in [-0.39, 0.29) is 22.8 Å². The molecule has 36 heavy (non-hydrogen) atoms. The molecule has 2 aliphatic heterocycles. The lowest BCUT2D eigenvalue weighted by Crippen LogP contribution is -2.48. The number of aromatic carboxylic acids is 1. The van der Waals surface area contributed by atoms with Crippen molar-refractivity contribution in [3.8, 4) is 0 Å². The Morgan fingerprint density at radius 2 is 1.78 bits per heavy atom. The third kappa shape index (κ3) is 4.63. The summed E-state index contributed by atoms with van der Waals surface area (Å²) in [7, 11) is 0. The zero-order valence-electron chi connectivity index (χ0n) is 20.9. The molecule has 0 amide bonds. The molecule has 3 aromatic rings. The predicted octanol–water partition coefficient (Wildman–Crippen LogP) is 7.14. The van der Waals surface area contributed by atoms with Crippen LogP contribution in [0.15, 0.2) is 66.7 Å². The van der Waals surface area contributed by atoms with Crippen molar-refractivity contribution in [1.29, 1.82) is 0 Å². The van der Waals surface area contributed by atoms with Crippen molar-refractivity contribution < 1.29 is 9.90 Å². The highest BCUT2D eigenvalue weighted by Gasteiger charge is 2.57. The molecule has 2 aliphatic rings. The molecule has 2 N–H and O–H groups in total. The molecule has 1 spiro atoms. The van der Waals surface area contributed by atoms with Gasteiger partial charge in [0.2, 0.25) is 0 Å². The summed E-state index contributed by atoms with van der Waals surface area (Å²) in [6, 6.07) is 22.0. The van der Waals surface area contributed by atoms with Crippen LogP contribution in [0.4, 0.5) is 5.69 Å². The van der Waals surface area contributed by atoms with Crippen LogP contribution < -0.4 is 10.2 Å². The van der Waals surface area contributed by atoms with Gasteiger partial charge in [-0.05, 0) is 64.9 Å². The second kappa shape index (κ2) is 9.41. The standard InChI is InChI=1S/C30H32Cl2N2O2/c1-29(2,3)15-27-30(25(16-33-27)21-5-4-6-22(31)13-21)18-34(26-14-23(32)11-12-24(26)30)17-19-7-9-20(10-8-19)28(35)36/h4-14,25,27,33H,15-18H2,1-3H3,(H,35,36)/t25-,27+,30-/m1/s1. The van der Waals surface area contributed by atoms with E-state index in [1.54, 1.807) is 12.1 Å². The van der Waals surface area contributed by atoms with Gasteiger partial charge in [-0.15, -0.1) is 0 Å². The van der Waals surface area contributed by atoms with Crippen molar-refractivity contribution in [3.63, 3.8) is 0 Å². The molecule has 1 saturated heterocycles. The van der Waals surface area contributed by atoms with Gasteiger partial charge >= 0.3 is 5.97 Å². The zero-order chi connectivity index (χ0) is 25.7. The van der Waals surface area contributed by atoms with E-state index in [2.05, 4.69) is 55.3 Å². The van der Waals surface area contributed by atoms with E-state index in [1.165, 1.54) is 11.1 Å². The number of anilines is 1. The minimum Gasteiger partial charge on any atom is -0.478 e. The molecule has 5 rings (SSSR count). The summed E-state index contributed by atoms with van der Waals surface area (Å²) < 4.78 is 0. The largest absolute Gasteiger partial charge is 0.478 e. The molecule has 0 unspecified atom stereocenters. The fourth-order valence-electron chi connectivity index (χ4n) is 6.23. The summed E-state index contributed by atoms with van der Waals surface area (Å²) in [6.45, 7) is 9.30. The summed E-state index contributed by atoms with van der Waals surface area (Å²) >= 11 is 13.0. The topological polar surface area (TPSA) is 52.6 Å². The molecule has 188 valence electrons. The van der Waals surface area contributed by atoms with Crippen molar-refractivity contribution in [2.45, 2.75) is 51.1 Å². The number of nitrogens with one attached hydrogen (secondary N) is 1. The van der Waals surface area contributed by atoms with E-state index < -0.39 is 5.97 Å². The Morgan fingerprint density at radius 3 is 2.44 bits per heavy atom. The zero-order valence-corrected chi connectivity index (χ0v) is 22.4. The second-order valence-corrected chi connectivity index (χ2v) is 12.3. The summed E-state index contributed by atoms with van der Waals surface area (Å²) in [5.41, 5.74) is 5.09. The van der Waals surface area contributed by atoms with E-state index in [4.69, 9.17) is 23.2 Å². The minimum absolute atomic E-state index is 0.153. The molecule has 4 nitrogen and oxygen atoms in total. The van der Waals surface area contributed by atoms with Crippen LogP contribution in [0.2, 0.25) is 10.0 Å². The number of benzene rings is 3. The highest BCUT2D eigenvalue weighted by atomic mass is 35.5. The van der Waals surface area contributed by atoms with Crippen LogP contribution in [0, 0.1) is 5.41 Å². The number of rotatable bonds is 5. The molecular weight excluding hydrogens is 491 g/mol. The number of hydrogen-bond acceptors (Lipinski definition) is 3. The second-order valence-electron chi connectivity index (χ2n) is 11.4. The van der Waals surface area contributed by atoms with Crippen LogP contribution in [-0.2, 0) is 12.0 Å². The summed E-state index contributed by atoms with van der Waals surface area (Å²) in [4.78, 5) is 13.7. The maximum atomic E-state index is 11.3. The highest BCUT2D eigenvalue weighted by Crippen LogP contribution is 2.56. The smallest absolute Gasteiger partial charge is 0.335 e. The monoisotopic (exact) mass is 522 g/mol. The molecule has 0 aromatic heterocycles. The fraction of sp³-hybridized carbons (Fsp3) is 0.367. The van der Waals surface area contributed by atoms with Gasteiger partial charge in [-0.1, -0.05) is 74.3 Å². The van der Waals surface area contributed by atoms with Crippen LogP contribution in [0.25, 0.3) is 0 Å². The SMILES string of the molecule is CC(C)(C)C[C@@H]1NC[C@H](c2cccc(Cl)c2)[C@]12CN(Cc1ccc(C(=O)O)cc1)c1cc(Cl)ccc12. The number of carboxylic acids is 1. The molecule has 0 bridgehead atoms. The maximum absolute atomic E-state index is 11.3. The number of carboxylic acid groups (broad SMARTS) is 1. The first-order valence-electron chi connectivity index (χ1n) is 12.4. The number of halogens is 2. The average molecular weight is 524 g/mol. The quantitative estimate of drug-likeness (QED) is 0.373. The van der Waals surface area contributed by atoms with Gasteiger partial charge < -0.3 is 15.3 Å². The Morgan fingerprint density at radius 1 is 1.06 bits per heavy atom.